The lowest BCUT2D eigenvalue weighted by molar-refractivity contribution is 0.0625. The molecule has 0 aromatic heterocycles. The molecule has 0 saturated heterocycles. The van der Waals surface area contributed by atoms with Crippen LogP contribution in [0.25, 0.3) is 0 Å². The summed E-state index contributed by atoms with van der Waals surface area (Å²) in [6.45, 7) is 10.0. The van der Waals surface area contributed by atoms with E-state index in [4.69, 9.17) is 5.73 Å². The monoisotopic (exact) mass is 240 g/mol. The van der Waals surface area contributed by atoms with Gasteiger partial charge in [0.2, 0.25) is 0 Å². The normalized spacial score (nSPS) is 28.4. The van der Waals surface area contributed by atoms with E-state index in [0.29, 0.717) is 6.04 Å². The Morgan fingerprint density at radius 3 is 2.06 bits per heavy atom. The molecular weight excluding hydrogens is 208 g/mol. The summed E-state index contributed by atoms with van der Waals surface area (Å²) in [5, 5.41) is 0. The van der Waals surface area contributed by atoms with Crippen molar-refractivity contribution in [3.05, 3.63) is 0 Å². The molecule has 1 saturated carbocycles. The van der Waals surface area contributed by atoms with Crippen molar-refractivity contribution in [1.82, 2.24) is 4.90 Å². The highest BCUT2D eigenvalue weighted by Crippen LogP contribution is 2.32. The Balaban J connectivity index is 2.55. The van der Waals surface area contributed by atoms with Gasteiger partial charge >= 0.3 is 0 Å². The first-order valence-corrected chi connectivity index (χ1v) is 7.32. The second kappa shape index (κ2) is 6.19. The first-order valence-electron chi connectivity index (χ1n) is 7.32. The summed E-state index contributed by atoms with van der Waals surface area (Å²) in [4.78, 5) is 2.56. The minimum Gasteiger partial charge on any atom is -0.329 e. The Morgan fingerprint density at radius 1 is 1.18 bits per heavy atom. The third kappa shape index (κ3) is 3.96. The van der Waals surface area contributed by atoms with E-state index in [-0.39, 0.29) is 5.41 Å². The van der Waals surface area contributed by atoms with Gasteiger partial charge in [-0.15, -0.1) is 0 Å². The quantitative estimate of drug-likeness (QED) is 0.817. The van der Waals surface area contributed by atoms with Crippen LogP contribution in [0.5, 0.6) is 0 Å². The Morgan fingerprint density at radius 2 is 1.71 bits per heavy atom. The molecule has 0 heterocycles. The zero-order chi connectivity index (χ0) is 13.1. The number of rotatable bonds is 4. The minimum absolute atomic E-state index is 0.283. The molecule has 1 aliphatic carbocycles. The second-order valence-corrected chi connectivity index (χ2v) is 6.87. The van der Waals surface area contributed by atoms with Gasteiger partial charge in [-0.3, -0.25) is 4.90 Å². The molecule has 2 heteroatoms. The van der Waals surface area contributed by atoms with Crippen molar-refractivity contribution in [1.29, 1.82) is 0 Å². The molecule has 0 aromatic carbocycles. The Kier molecular flexibility index (Phi) is 5.46. The van der Waals surface area contributed by atoms with E-state index in [9.17, 15) is 0 Å². The molecule has 0 radical (unpaired) electrons. The molecule has 1 fully saturated rings. The van der Waals surface area contributed by atoms with E-state index in [1.807, 2.05) is 0 Å². The molecule has 0 aromatic rings. The van der Waals surface area contributed by atoms with Crippen LogP contribution >= 0.6 is 0 Å². The van der Waals surface area contributed by atoms with E-state index in [0.717, 1.165) is 18.5 Å². The lowest BCUT2D eigenvalue weighted by Gasteiger charge is -2.44. The molecule has 0 spiro atoms. The van der Waals surface area contributed by atoms with Crippen molar-refractivity contribution >= 4 is 0 Å². The van der Waals surface area contributed by atoms with Gasteiger partial charge in [-0.05, 0) is 44.1 Å². The summed E-state index contributed by atoms with van der Waals surface area (Å²) in [5.41, 5.74) is 6.26. The highest BCUT2D eigenvalue weighted by atomic mass is 15.2. The van der Waals surface area contributed by atoms with Crippen LogP contribution in [0.15, 0.2) is 0 Å². The van der Waals surface area contributed by atoms with Gasteiger partial charge < -0.3 is 5.73 Å². The molecule has 0 bridgehead atoms. The summed E-state index contributed by atoms with van der Waals surface area (Å²) in [7, 11) is 2.28. The first kappa shape index (κ1) is 15.0. The fourth-order valence-electron chi connectivity index (χ4n) is 3.35. The average molecular weight is 240 g/mol. The summed E-state index contributed by atoms with van der Waals surface area (Å²) in [5.74, 6) is 0.977. The molecule has 1 atom stereocenters. The van der Waals surface area contributed by atoms with Gasteiger partial charge in [0, 0.05) is 18.6 Å². The largest absolute Gasteiger partial charge is 0.329 e. The predicted octanol–water partition coefficient (Wildman–Crippen LogP) is 3.26. The standard InChI is InChI=1S/C15H32N2/c1-6-12-7-9-13(10-8-12)17(5)14(11-16)15(2,3)4/h12-14H,6-11,16H2,1-5H3. The van der Waals surface area contributed by atoms with Crippen LogP contribution in [0.2, 0.25) is 0 Å². The third-order valence-corrected chi connectivity index (χ3v) is 4.68. The zero-order valence-electron chi connectivity index (χ0n) is 12.5. The van der Waals surface area contributed by atoms with Crippen LogP contribution in [-0.4, -0.2) is 30.6 Å². The van der Waals surface area contributed by atoms with Crippen molar-refractivity contribution < 1.29 is 0 Å². The molecule has 2 N–H and O–H groups in total. The molecule has 102 valence electrons. The lowest BCUT2D eigenvalue weighted by atomic mass is 9.80. The van der Waals surface area contributed by atoms with Gasteiger partial charge in [-0.2, -0.15) is 0 Å². The maximum atomic E-state index is 5.98. The number of hydrogen-bond acceptors (Lipinski definition) is 2. The van der Waals surface area contributed by atoms with Gasteiger partial charge in [0.05, 0.1) is 0 Å². The first-order chi connectivity index (χ1) is 7.90. The Hall–Kier alpha value is -0.0800. The maximum Gasteiger partial charge on any atom is 0.0266 e. The van der Waals surface area contributed by atoms with E-state index < -0.39 is 0 Å². The molecule has 2 nitrogen and oxygen atoms in total. The molecule has 1 aliphatic rings. The van der Waals surface area contributed by atoms with E-state index in [1.54, 1.807) is 0 Å². The van der Waals surface area contributed by atoms with Crippen molar-refractivity contribution in [2.45, 2.75) is 71.9 Å². The van der Waals surface area contributed by atoms with Gasteiger partial charge in [0.1, 0.15) is 0 Å². The zero-order valence-corrected chi connectivity index (χ0v) is 12.5. The molecule has 17 heavy (non-hydrogen) atoms. The number of likely N-dealkylation sites (N-methyl/N-ethyl adjacent to an activating group) is 1. The molecule has 0 amide bonds. The summed E-state index contributed by atoms with van der Waals surface area (Å²) >= 11 is 0. The van der Waals surface area contributed by atoms with E-state index in [2.05, 4.69) is 39.6 Å². The van der Waals surface area contributed by atoms with Gasteiger partial charge in [0.15, 0.2) is 0 Å². The van der Waals surface area contributed by atoms with Gasteiger partial charge in [-0.1, -0.05) is 34.1 Å². The topological polar surface area (TPSA) is 29.3 Å². The summed E-state index contributed by atoms with van der Waals surface area (Å²) in [6.07, 6.45) is 6.90. The highest BCUT2D eigenvalue weighted by Gasteiger charge is 2.32. The van der Waals surface area contributed by atoms with Crippen molar-refractivity contribution in [3.8, 4) is 0 Å². The van der Waals surface area contributed by atoms with E-state index in [1.165, 1.54) is 32.1 Å². The Bertz CT molecular complexity index is 211. The van der Waals surface area contributed by atoms with Gasteiger partial charge in [0.25, 0.3) is 0 Å². The third-order valence-electron chi connectivity index (χ3n) is 4.68. The lowest BCUT2D eigenvalue weighted by Crippen LogP contribution is -2.51. The molecule has 0 aliphatic heterocycles. The van der Waals surface area contributed by atoms with Crippen LogP contribution < -0.4 is 5.73 Å². The van der Waals surface area contributed by atoms with E-state index >= 15 is 0 Å². The van der Waals surface area contributed by atoms with Crippen LogP contribution in [0.3, 0.4) is 0 Å². The number of nitrogens with two attached hydrogens (primary N) is 1. The minimum atomic E-state index is 0.283. The number of hydrogen-bond donors (Lipinski definition) is 1. The SMILES string of the molecule is CCC1CCC(N(C)C(CN)C(C)(C)C)CC1. The average Bonchev–Trinajstić information content (AvgIpc) is 2.28. The van der Waals surface area contributed by atoms with Crippen LogP contribution in [-0.2, 0) is 0 Å². The van der Waals surface area contributed by atoms with Crippen molar-refractivity contribution in [2.24, 2.45) is 17.1 Å². The van der Waals surface area contributed by atoms with Crippen LogP contribution in [0.4, 0.5) is 0 Å². The summed E-state index contributed by atoms with van der Waals surface area (Å²) < 4.78 is 0. The summed E-state index contributed by atoms with van der Waals surface area (Å²) in [6, 6.07) is 1.26. The smallest absolute Gasteiger partial charge is 0.0266 e. The van der Waals surface area contributed by atoms with Crippen LogP contribution in [0, 0.1) is 11.3 Å². The van der Waals surface area contributed by atoms with Crippen LogP contribution in [0.1, 0.15) is 59.8 Å². The maximum absolute atomic E-state index is 5.98. The van der Waals surface area contributed by atoms with Gasteiger partial charge in [-0.25, -0.2) is 0 Å². The molecular formula is C15H32N2. The highest BCUT2D eigenvalue weighted by molar-refractivity contribution is 4.88. The molecule has 1 rings (SSSR count). The van der Waals surface area contributed by atoms with Crippen molar-refractivity contribution in [3.63, 3.8) is 0 Å². The fourth-order valence-corrected chi connectivity index (χ4v) is 3.35. The van der Waals surface area contributed by atoms with Crippen molar-refractivity contribution in [2.75, 3.05) is 13.6 Å². The molecule has 1 unspecified atom stereocenters. The fraction of sp³-hybridized carbons (Fsp3) is 1.00. The predicted molar refractivity (Wildman–Crippen MR) is 76.1 cm³/mol. The second-order valence-electron chi connectivity index (χ2n) is 6.87. The Labute approximate surface area is 108 Å². The number of nitrogens with zero attached hydrogens (tertiary/aromatic N) is 1.